The summed E-state index contributed by atoms with van der Waals surface area (Å²) in [5.41, 5.74) is 0.536. The molecular weight excluding hydrogens is 264 g/mol. The largest absolute Gasteiger partial charge is 0.493 e. The molecule has 6 nitrogen and oxygen atoms in total. The van der Waals surface area contributed by atoms with E-state index >= 15 is 0 Å². The van der Waals surface area contributed by atoms with Gasteiger partial charge in [0.25, 0.3) is 0 Å². The van der Waals surface area contributed by atoms with Crippen molar-refractivity contribution in [3.63, 3.8) is 0 Å². The van der Waals surface area contributed by atoms with Crippen molar-refractivity contribution >= 4 is 5.97 Å². The molecule has 20 heavy (non-hydrogen) atoms. The van der Waals surface area contributed by atoms with Crippen molar-refractivity contribution in [1.82, 2.24) is 0 Å². The zero-order valence-corrected chi connectivity index (χ0v) is 12.1. The second kappa shape index (κ2) is 7.59. The molecule has 0 amide bonds. The van der Waals surface area contributed by atoms with Gasteiger partial charge in [-0.25, -0.2) is 0 Å². The molecule has 0 spiro atoms. The van der Waals surface area contributed by atoms with Crippen molar-refractivity contribution in [3.05, 3.63) is 17.7 Å². The monoisotopic (exact) mass is 284 g/mol. The van der Waals surface area contributed by atoms with Gasteiger partial charge in [0.1, 0.15) is 0 Å². The van der Waals surface area contributed by atoms with Crippen LogP contribution in [0.1, 0.15) is 24.5 Å². The highest BCUT2D eigenvalue weighted by atomic mass is 16.5. The highest BCUT2D eigenvalue weighted by Crippen LogP contribution is 2.42. The molecule has 1 aromatic rings. The Labute approximate surface area is 118 Å². The van der Waals surface area contributed by atoms with Crippen LogP contribution >= 0.6 is 0 Å². The Hall–Kier alpha value is -1.95. The summed E-state index contributed by atoms with van der Waals surface area (Å²) in [7, 11) is 5.80. The second-order valence-electron chi connectivity index (χ2n) is 4.05. The molecular formula is C14H20O6. The Bertz CT molecular complexity index is 457. The third-order valence-corrected chi connectivity index (χ3v) is 2.94. The number of carbonyl (C=O) groups is 1. The molecule has 0 fully saturated rings. The molecule has 1 atom stereocenters. The van der Waals surface area contributed by atoms with Crippen LogP contribution < -0.4 is 14.2 Å². The predicted octanol–water partition coefficient (Wildman–Crippen LogP) is 1.70. The van der Waals surface area contributed by atoms with Crippen LogP contribution in [0.3, 0.4) is 0 Å². The second-order valence-corrected chi connectivity index (χ2v) is 4.05. The average Bonchev–Trinajstić information content (AvgIpc) is 2.50. The van der Waals surface area contributed by atoms with Crippen molar-refractivity contribution in [2.75, 3.05) is 28.4 Å². The first-order chi connectivity index (χ1) is 9.58. The number of methoxy groups -OCH3 is 4. The third-order valence-electron chi connectivity index (χ3n) is 2.94. The number of hydrogen-bond acceptors (Lipinski definition) is 6. The molecule has 0 aliphatic rings. The number of hydrogen-bond donors (Lipinski definition) is 1. The molecule has 0 aliphatic heterocycles. The van der Waals surface area contributed by atoms with E-state index in [-0.39, 0.29) is 18.8 Å². The number of aliphatic hydroxyl groups excluding tert-OH is 1. The number of ether oxygens (including phenoxy) is 4. The zero-order chi connectivity index (χ0) is 15.1. The normalized spacial score (nSPS) is 11.7. The van der Waals surface area contributed by atoms with E-state index in [1.165, 1.54) is 28.4 Å². The predicted molar refractivity (Wildman–Crippen MR) is 72.3 cm³/mol. The highest BCUT2D eigenvalue weighted by Gasteiger charge is 2.21. The molecule has 0 bridgehead atoms. The van der Waals surface area contributed by atoms with Gasteiger partial charge < -0.3 is 24.1 Å². The van der Waals surface area contributed by atoms with Crippen molar-refractivity contribution in [2.45, 2.75) is 18.9 Å². The van der Waals surface area contributed by atoms with Gasteiger partial charge in [-0.05, 0) is 18.6 Å². The summed E-state index contributed by atoms with van der Waals surface area (Å²) in [6.45, 7) is 0. The van der Waals surface area contributed by atoms with E-state index < -0.39 is 6.10 Å². The van der Waals surface area contributed by atoms with Crippen LogP contribution in [-0.4, -0.2) is 39.5 Å². The fourth-order valence-electron chi connectivity index (χ4n) is 1.90. The summed E-state index contributed by atoms with van der Waals surface area (Å²) in [6.07, 6.45) is -0.503. The first-order valence-corrected chi connectivity index (χ1v) is 6.12. The Morgan fingerprint density at radius 1 is 1.10 bits per heavy atom. The molecule has 1 aromatic carbocycles. The minimum absolute atomic E-state index is 0.120. The summed E-state index contributed by atoms with van der Waals surface area (Å²) >= 11 is 0. The lowest BCUT2D eigenvalue weighted by atomic mass is 10.0. The maximum atomic E-state index is 11.1. The van der Waals surface area contributed by atoms with Crippen LogP contribution in [0.15, 0.2) is 12.1 Å². The fourth-order valence-corrected chi connectivity index (χ4v) is 1.90. The van der Waals surface area contributed by atoms with Crippen LogP contribution in [0, 0.1) is 0 Å². The molecule has 0 aromatic heterocycles. The van der Waals surface area contributed by atoms with E-state index in [9.17, 15) is 9.90 Å². The number of esters is 1. The zero-order valence-electron chi connectivity index (χ0n) is 12.1. The number of benzene rings is 1. The van der Waals surface area contributed by atoms with E-state index in [2.05, 4.69) is 4.74 Å². The molecule has 112 valence electrons. The van der Waals surface area contributed by atoms with Crippen LogP contribution in [0.2, 0.25) is 0 Å². The van der Waals surface area contributed by atoms with Crippen LogP contribution in [0.4, 0.5) is 0 Å². The summed E-state index contributed by atoms with van der Waals surface area (Å²) in [6, 6.07) is 3.36. The molecule has 0 saturated heterocycles. The van der Waals surface area contributed by atoms with E-state index in [0.717, 1.165) is 0 Å². The van der Waals surface area contributed by atoms with Gasteiger partial charge in [0.05, 0.1) is 34.5 Å². The molecule has 6 heteroatoms. The molecule has 0 saturated carbocycles. The Kier molecular flexibility index (Phi) is 6.11. The van der Waals surface area contributed by atoms with Gasteiger partial charge >= 0.3 is 5.97 Å². The third kappa shape index (κ3) is 3.54. The lowest BCUT2D eigenvalue weighted by Gasteiger charge is -2.18. The first kappa shape index (κ1) is 16.1. The van der Waals surface area contributed by atoms with Gasteiger partial charge in [-0.1, -0.05) is 0 Å². The van der Waals surface area contributed by atoms with Crippen molar-refractivity contribution in [2.24, 2.45) is 0 Å². The van der Waals surface area contributed by atoms with Crippen molar-refractivity contribution in [1.29, 1.82) is 0 Å². The lowest BCUT2D eigenvalue weighted by molar-refractivity contribution is -0.141. The molecule has 0 heterocycles. The number of aliphatic hydroxyl groups is 1. The topological polar surface area (TPSA) is 74.2 Å². The summed E-state index contributed by atoms with van der Waals surface area (Å²) in [4.78, 5) is 11.1. The van der Waals surface area contributed by atoms with E-state index in [0.29, 0.717) is 22.8 Å². The van der Waals surface area contributed by atoms with Gasteiger partial charge in [-0.15, -0.1) is 0 Å². The van der Waals surface area contributed by atoms with Crippen molar-refractivity contribution in [3.8, 4) is 17.2 Å². The summed E-state index contributed by atoms with van der Waals surface area (Å²) in [5.74, 6) is 0.936. The standard InChI is InChI=1S/C14H20O6/c1-17-11-7-5-9(13(19-3)14(11)20-4)10(15)6-8-12(16)18-2/h5,7,10,15H,6,8H2,1-4H3. The van der Waals surface area contributed by atoms with Gasteiger partial charge in [0.15, 0.2) is 11.5 Å². The lowest BCUT2D eigenvalue weighted by Crippen LogP contribution is -2.07. The summed E-state index contributed by atoms with van der Waals surface area (Å²) < 4.78 is 20.2. The minimum Gasteiger partial charge on any atom is -0.493 e. The summed E-state index contributed by atoms with van der Waals surface area (Å²) in [5, 5.41) is 10.2. The molecule has 1 N–H and O–H groups in total. The first-order valence-electron chi connectivity index (χ1n) is 6.12. The van der Waals surface area contributed by atoms with Gasteiger partial charge in [-0.2, -0.15) is 0 Å². The number of carbonyl (C=O) groups excluding carboxylic acids is 1. The van der Waals surface area contributed by atoms with Gasteiger partial charge in [-0.3, -0.25) is 4.79 Å². The Morgan fingerprint density at radius 2 is 1.75 bits per heavy atom. The Morgan fingerprint density at radius 3 is 2.25 bits per heavy atom. The van der Waals surface area contributed by atoms with E-state index in [1.807, 2.05) is 0 Å². The highest BCUT2D eigenvalue weighted by molar-refractivity contribution is 5.69. The minimum atomic E-state index is -0.858. The fraction of sp³-hybridized carbons (Fsp3) is 0.500. The van der Waals surface area contributed by atoms with Crippen LogP contribution in [0.5, 0.6) is 17.2 Å². The molecule has 1 unspecified atom stereocenters. The molecule has 0 aliphatic carbocycles. The SMILES string of the molecule is COC(=O)CCC(O)c1ccc(OC)c(OC)c1OC. The maximum absolute atomic E-state index is 11.1. The van der Waals surface area contributed by atoms with Gasteiger partial charge in [0.2, 0.25) is 5.75 Å². The maximum Gasteiger partial charge on any atom is 0.305 e. The number of rotatable bonds is 7. The van der Waals surface area contributed by atoms with Crippen LogP contribution in [-0.2, 0) is 9.53 Å². The van der Waals surface area contributed by atoms with E-state index in [4.69, 9.17) is 14.2 Å². The molecule has 0 radical (unpaired) electrons. The average molecular weight is 284 g/mol. The van der Waals surface area contributed by atoms with Crippen LogP contribution in [0.25, 0.3) is 0 Å². The Balaban J connectivity index is 3.02. The van der Waals surface area contributed by atoms with Gasteiger partial charge in [0, 0.05) is 12.0 Å². The quantitative estimate of drug-likeness (QED) is 0.768. The van der Waals surface area contributed by atoms with Crippen molar-refractivity contribution < 1.29 is 28.8 Å². The molecule has 1 rings (SSSR count). The van der Waals surface area contributed by atoms with E-state index in [1.54, 1.807) is 12.1 Å². The smallest absolute Gasteiger partial charge is 0.305 e.